The maximum atomic E-state index is 5.96. The van der Waals surface area contributed by atoms with Crippen LogP contribution in [0.2, 0.25) is 10.3 Å². The molecule has 12 heterocycles. The highest BCUT2D eigenvalue weighted by Gasteiger charge is 2.28. The Bertz CT molecular complexity index is 6920. The van der Waals surface area contributed by atoms with Crippen molar-refractivity contribution in [1.29, 1.82) is 0 Å². The second kappa shape index (κ2) is 44.7. The standard InChI is InChI=1S/C18H19N3O3.C18H17N3O2.C17H19N3O3.C16H14ClN3O2.C16H15N3O2.C15H12ClN3O2/c1-4-22-15-7-6-13(10-16(15)23-5-2)18-20-17(21-24-18)14-8-9-19-11-12(14)3;1-11-7-8-13(10-16(11)22-2)17-20-18(23-21-17)15-9-12-5-3-4-6-14(12)19-15;1-10(2)7-13-9-15(22-19-13)17-18-16(20-23-17)12-6-5-11(3)14(8-12)21-4;1-9-4-5-11(7-13(9)21-3)15-19-16(22-20-15)12-6-10(2)18-14(17)8-12;1-11-5-6-13(9-14(11)20-2)16-18-15(21-19-16)8-12-4-3-7-17-10-12;1-9-3-4-10(7-12(9)20-2)14-18-15(21-19-14)11-5-6-17-13(16)8-11/h6-11H,4-5H2,1-3H3;3-8,10,15,19H,9H2,1-2H3;5-6,8-10H,7H2,1-4H3;4-8H,1-3H3;3-7,9-10H,8H2,1-2H3;3-8H,1-2H3. The molecule has 34 heteroatoms. The predicted octanol–water partition coefficient (Wildman–Crippen LogP) is 22.5. The molecule has 7 aromatic carbocycles. The molecule has 1 N–H and O–H groups in total. The Morgan fingerprint density at radius 2 is 0.851 bits per heavy atom. The molecule has 0 bridgehead atoms. The summed E-state index contributed by atoms with van der Waals surface area (Å²) in [7, 11) is 8.21. The SMILES string of the molecule is CCOc1ccc(-c2nc(-c3ccncc3C)no2)cc1OCC.COc1cc(-c2noc(-c3cc(C)nc(Cl)c3)n2)ccc1C.COc1cc(-c2noc(-c3cc(CC(C)C)no3)n2)ccc1C.COc1cc(-c2noc(-c3ccnc(Cl)c3)n2)ccc1C.COc1cc(-c2noc(C3Cc4ccccc4N3)n2)ccc1C.COc1cc(-c2noc(Cc3cccnc3)n2)ccc1C. The number of methoxy groups -OCH3 is 5. The van der Waals surface area contributed by atoms with E-state index in [0.717, 1.165) is 148 Å². The third-order valence-corrected chi connectivity index (χ3v) is 21.1. The highest BCUT2D eigenvalue weighted by Crippen LogP contribution is 2.39. The number of nitrogens with zero attached hydrogens (tertiary/aromatic N) is 17. The number of fused-ring (bicyclic) bond motifs is 1. The van der Waals surface area contributed by atoms with Gasteiger partial charge in [-0.3, -0.25) is 9.97 Å². The number of pyridine rings is 4. The predicted molar refractivity (Wildman–Crippen MR) is 504 cm³/mol. The smallest absolute Gasteiger partial charge is 0.296 e. The summed E-state index contributed by atoms with van der Waals surface area (Å²) < 4.78 is 75.2. The van der Waals surface area contributed by atoms with Crippen LogP contribution in [0.1, 0.15) is 101 Å². The lowest BCUT2D eigenvalue weighted by Crippen LogP contribution is -2.05. The number of para-hydroxylation sites is 1. The zero-order chi connectivity index (χ0) is 94.3. The first-order valence-electron chi connectivity index (χ1n) is 42.6. The van der Waals surface area contributed by atoms with Gasteiger partial charge in [0.15, 0.2) is 11.5 Å². The second-order valence-electron chi connectivity index (χ2n) is 30.9. The first kappa shape index (κ1) is 94.3. The topological polar surface area (TPSA) is 388 Å². The molecule has 11 aromatic heterocycles. The largest absolute Gasteiger partial charge is 0.496 e. The van der Waals surface area contributed by atoms with Crippen LogP contribution in [0.5, 0.6) is 40.2 Å². The van der Waals surface area contributed by atoms with Gasteiger partial charge in [-0.05, 0) is 210 Å². The van der Waals surface area contributed by atoms with Crippen molar-refractivity contribution >= 4 is 28.9 Å². The van der Waals surface area contributed by atoms with Crippen molar-refractivity contribution in [1.82, 2.24) is 85.9 Å². The normalized spacial score (nSPS) is 11.6. The Kier molecular flexibility index (Phi) is 31.4. The molecule has 0 radical (unpaired) electrons. The second-order valence-corrected chi connectivity index (χ2v) is 31.6. The van der Waals surface area contributed by atoms with Crippen LogP contribution in [0.3, 0.4) is 0 Å². The molecule has 19 rings (SSSR count). The molecule has 1 unspecified atom stereocenters. The number of aryl methyl sites for hydroxylation is 7. The van der Waals surface area contributed by atoms with Gasteiger partial charge in [-0.2, -0.15) is 29.9 Å². The molecule has 18 aromatic rings. The Hall–Kier alpha value is -15.8. The van der Waals surface area contributed by atoms with E-state index in [4.69, 9.17) is 88.0 Å². The summed E-state index contributed by atoms with van der Waals surface area (Å²) in [5, 5.41) is 32.5. The third-order valence-electron chi connectivity index (χ3n) is 20.7. The van der Waals surface area contributed by atoms with E-state index in [2.05, 4.69) is 117 Å². The summed E-state index contributed by atoms with van der Waals surface area (Å²) in [5.41, 5.74) is 18.8. The number of hydrogen-bond acceptors (Lipinski definition) is 32. The number of ether oxygens (including phenoxy) is 7. The number of nitrogens with one attached hydrogen (secondary N) is 1. The van der Waals surface area contributed by atoms with Crippen LogP contribution >= 0.6 is 23.2 Å². The molecule has 0 saturated heterocycles. The summed E-state index contributed by atoms with van der Waals surface area (Å²) in [6.07, 6.45) is 10.9. The van der Waals surface area contributed by atoms with Gasteiger partial charge in [0, 0.05) is 105 Å². The fourth-order valence-corrected chi connectivity index (χ4v) is 14.2. The zero-order valence-corrected chi connectivity index (χ0v) is 78.0. The fourth-order valence-electron chi connectivity index (χ4n) is 13.8. The maximum absolute atomic E-state index is 5.96. The van der Waals surface area contributed by atoms with E-state index in [1.807, 2.05) is 214 Å². The molecule has 134 heavy (non-hydrogen) atoms. The van der Waals surface area contributed by atoms with Crippen molar-refractivity contribution in [3.05, 3.63) is 291 Å². The molecular weight excluding hydrogens is 1750 g/mol. The molecule has 0 aliphatic carbocycles. The minimum atomic E-state index is 0.0287. The van der Waals surface area contributed by atoms with Crippen molar-refractivity contribution in [2.75, 3.05) is 54.1 Å². The number of hydrogen-bond donors (Lipinski definition) is 1. The van der Waals surface area contributed by atoms with E-state index >= 15 is 0 Å². The van der Waals surface area contributed by atoms with Crippen LogP contribution in [0, 0.1) is 54.4 Å². The van der Waals surface area contributed by atoms with Crippen LogP contribution in [-0.2, 0) is 19.3 Å². The molecule has 0 spiro atoms. The van der Waals surface area contributed by atoms with Crippen LogP contribution in [0.15, 0.2) is 245 Å². The molecule has 32 nitrogen and oxygen atoms in total. The van der Waals surface area contributed by atoms with Crippen LogP contribution in [0.4, 0.5) is 5.69 Å². The molecule has 0 fully saturated rings. The van der Waals surface area contributed by atoms with E-state index in [1.54, 1.807) is 84.7 Å². The van der Waals surface area contributed by atoms with Gasteiger partial charge in [-0.1, -0.05) is 158 Å². The van der Waals surface area contributed by atoms with Gasteiger partial charge in [0.05, 0.1) is 60.9 Å². The fraction of sp³-hybridized carbons (Fsp3) is 0.230. The van der Waals surface area contributed by atoms with E-state index < -0.39 is 0 Å². The lowest BCUT2D eigenvalue weighted by Gasteiger charge is -2.11. The molecule has 1 aliphatic heterocycles. The number of rotatable bonds is 24. The van der Waals surface area contributed by atoms with Crippen molar-refractivity contribution < 1.29 is 64.8 Å². The average Bonchev–Trinajstić information content (AvgIpc) is 1.66. The highest BCUT2D eigenvalue weighted by molar-refractivity contribution is 6.30. The zero-order valence-electron chi connectivity index (χ0n) is 76.5. The summed E-state index contributed by atoms with van der Waals surface area (Å²) in [5.74, 6) is 12.2. The van der Waals surface area contributed by atoms with Crippen molar-refractivity contribution in [3.8, 4) is 155 Å². The average molecular weight is 1840 g/mol. The molecular formula is C100H96Cl2N18O14. The monoisotopic (exact) mass is 1840 g/mol. The molecule has 0 saturated carbocycles. The molecule has 1 aliphatic rings. The quantitative estimate of drug-likeness (QED) is 0.0549. The van der Waals surface area contributed by atoms with Gasteiger partial charge in [0.1, 0.15) is 45.1 Å². The highest BCUT2D eigenvalue weighted by atomic mass is 35.5. The summed E-state index contributed by atoms with van der Waals surface area (Å²) >= 11 is 11.8. The molecule has 1 atom stereocenters. The van der Waals surface area contributed by atoms with Crippen molar-refractivity contribution in [2.24, 2.45) is 5.92 Å². The van der Waals surface area contributed by atoms with E-state index in [1.165, 1.54) is 5.56 Å². The summed E-state index contributed by atoms with van der Waals surface area (Å²) in [4.78, 5) is 42.8. The first-order valence-corrected chi connectivity index (χ1v) is 43.3. The van der Waals surface area contributed by atoms with Crippen LogP contribution in [0.25, 0.3) is 114 Å². The van der Waals surface area contributed by atoms with Gasteiger partial charge in [0.2, 0.25) is 52.5 Å². The molecule has 684 valence electrons. The Morgan fingerprint density at radius 3 is 1.37 bits per heavy atom. The number of anilines is 1. The lowest BCUT2D eigenvalue weighted by atomic mass is 10.1. The molecule has 0 amide bonds. The van der Waals surface area contributed by atoms with Crippen LogP contribution < -0.4 is 38.5 Å². The lowest BCUT2D eigenvalue weighted by molar-refractivity contribution is 0.288. The number of halogens is 2. The van der Waals surface area contributed by atoms with Gasteiger partial charge in [0.25, 0.3) is 23.6 Å². The van der Waals surface area contributed by atoms with E-state index in [9.17, 15) is 0 Å². The van der Waals surface area contributed by atoms with Gasteiger partial charge < -0.3 is 70.1 Å². The van der Waals surface area contributed by atoms with Gasteiger partial charge in [-0.15, -0.1) is 0 Å². The Labute approximate surface area is 782 Å². The summed E-state index contributed by atoms with van der Waals surface area (Å²) in [6.45, 7) is 23.0. The van der Waals surface area contributed by atoms with Crippen molar-refractivity contribution in [3.63, 3.8) is 0 Å². The minimum absolute atomic E-state index is 0.0287. The van der Waals surface area contributed by atoms with Crippen molar-refractivity contribution in [2.45, 2.75) is 101 Å². The van der Waals surface area contributed by atoms with E-state index in [0.29, 0.717) is 123 Å². The number of aromatic nitrogens is 17. The first-order chi connectivity index (χ1) is 65.0. The van der Waals surface area contributed by atoms with Gasteiger partial charge in [-0.25, -0.2) is 9.97 Å². The van der Waals surface area contributed by atoms with E-state index in [-0.39, 0.29) is 6.04 Å². The van der Waals surface area contributed by atoms with Crippen LogP contribution in [-0.4, -0.2) is 135 Å². The number of benzene rings is 7. The minimum Gasteiger partial charge on any atom is -0.496 e. The van der Waals surface area contributed by atoms with Gasteiger partial charge >= 0.3 is 0 Å². The summed E-state index contributed by atoms with van der Waals surface area (Å²) in [6, 6.07) is 57.4. The third kappa shape index (κ3) is 24.0. The Morgan fingerprint density at radius 1 is 0.381 bits per heavy atom. The Balaban J connectivity index is 0.000000129. The maximum Gasteiger partial charge on any atom is 0.296 e.